The van der Waals surface area contributed by atoms with Crippen LogP contribution in [0, 0.1) is 0 Å². The molecule has 0 unspecified atom stereocenters. The Morgan fingerprint density at radius 1 is 0.500 bits per heavy atom. The van der Waals surface area contributed by atoms with Crippen molar-refractivity contribution in [2.45, 2.75) is 135 Å². The molecular formula is C24H49BrO. The molecule has 0 bridgehead atoms. The molecule has 1 fully saturated rings. The van der Waals surface area contributed by atoms with E-state index in [1.807, 2.05) is 0 Å². The zero-order chi connectivity index (χ0) is 19.0. The summed E-state index contributed by atoms with van der Waals surface area (Å²) in [5.74, 6) is 0. The summed E-state index contributed by atoms with van der Waals surface area (Å²) in [4.78, 5) is 0. The van der Waals surface area contributed by atoms with Crippen LogP contribution in [-0.2, 0) is 4.74 Å². The van der Waals surface area contributed by atoms with Crippen LogP contribution in [-0.4, -0.2) is 18.5 Å². The second kappa shape index (κ2) is 25.4. The molecule has 0 atom stereocenters. The van der Waals surface area contributed by atoms with Gasteiger partial charge >= 0.3 is 0 Å². The van der Waals surface area contributed by atoms with Crippen LogP contribution < -0.4 is 0 Å². The second-order valence-electron chi connectivity index (χ2n) is 8.02. The number of halogens is 1. The van der Waals surface area contributed by atoms with E-state index in [9.17, 15) is 0 Å². The monoisotopic (exact) mass is 432 g/mol. The summed E-state index contributed by atoms with van der Waals surface area (Å²) in [5.41, 5.74) is 0. The Labute approximate surface area is 174 Å². The summed E-state index contributed by atoms with van der Waals surface area (Å²) in [6, 6.07) is 0. The molecule has 0 aromatic carbocycles. The molecule has 0 aromatic heterocycles. The normalized spacial score (nSPS) is 13.6. The summed E-state index contributed by atoms with van der Waals surface area (Å²) in [6.07, 6.45) is 28.8. The number of hydrogen-bond acceptors (Lipinski definition) is 1. The molecule has 0 aromatic rings. The summed E-state index contributed by atoms with van der Waals surface area (Å²) in [5, 5.41) is 1.19. The fourth-order valence-corrected chi connectivity index (χ4v) is 3.90. The highest BCUT2D eigenvalue weighted by Crippen LogP contribution is 2.14. The number of alkyl halides is 1. The molecule has 0 saturated carbocycles. The minimum absolute atomic E-state index is 1.00. The smallest absolute Gasteiger partial charge is 0.0466 e. The van der Waals surface area contributed by atoms with Crippen LogP contribution in [0.25, 0.3) is 0 Å². The number of hydrogen-bond donors (Lipinski definition) is 0. The van der Waals surface area contributed by atoms with E-state index < -0.39 is 0 Å². The van der Waals surface area contributed by atoms with Gasteiger partial charge in [0.05, 0.1) is 0 Å². The van der Waals surface area contributed by atoms with Crippen molar-refractivity contribution in [3.63, 3.8) is 0 Å². The first-order valence-electron chi connectivity index (χ1n) is 12.1. The maximum atomic E-state index is 4.94. The van der Waals surface area contributed by atoms with Gasteiger partial charge in [-0.2, -0.15) is 0 Å². The third kappa shape index (κ3) is 24.4. The Hall–Kier alpha value is 0.440. The van der Waals surface area contributed by atoms with Gasteiger partial charge in [-0.3, -0.25) is 0 Å². The van der Waals surface area contributed by atoms with Crippen molar-refractivity contribution in [2.24, 2.45) is 0 Å². The van der Waals surface area contributed by atoms with Gasteiger partial charge in [-0.1, -0.05) is 132 Å². The van der Waals surface area contributed by atoms with Gasteiger partial charge in [0.1, 0.15) is 0 Å². The zero-order valence-electron chi connectivity index (χ0n) is 18.0. The Kier molecular flexibility index (Phi) is 25.9. The molecule has 0 aliphatic carbocycles. The Morgan fingerprint density at radius 3 is 1.04 bits per heavy atom. The summed E-state index contributed by atoms with van der Waals surface area (Å²) >= 11 is 3.50. The first kappa shape index (κ1) is 26.4. The van der Waals surface area contributed by atoms with Crippen LogP contribution in [0.15, 0.2) is 0 Å². The third-order valence-corrected chi connectivity index (χ3v) is 5.88. The molecule has 1 saturated heterocycles. The lowest BCUT2D eigenvalue weighted by atomic mass is 10.0. The average molecular weight is 434 g/mol. The second-order valence-corrected chi connectivity index (χ2v) is 8.81. The molecule has 0 amide bonds. The van der Waals surface area contributed by atoms with Crippen molar-refractivity contribution in [3.05, 3.63) is 0 Å². The largest absolute Gasteiger partial charge is 0.381 e. The first-order valence-corrected chi connectivity index (χ1v) is 13.2. The fourth-order valence-electron chi connectivity index (χ4n) is 3.51. The van der Waals surface area contributed by atoms with Crippen molar-refractivity contribution in [1.82, 2.24) is 0 Å². The van der Waals surface area contributed by atoms with E-state index in [0.29, 0.717) is 0 Å². The lowest BCUT2D eigenvalue weighted by Gasteiger charge is -2.03. The SMILES string of the molecule is C1CCOC1.CCCCCCCCCCCCCCCCCCCCBr. The molecule has 1 aliphatic heterocycles. The predicted molar refractivity (Wildman–Crippen MR) is 123 cm³/mol. The van der Waals surface area contributed by atoms with Crippen LogP contribution in [0.2, 0.25) is 0 Å². The van der Waals surface area contributed by atoms with E-state index in [2.05, 4.69) is 22.9 Å². The zero-order valence-corrected chi connectivity index (χ0v) is 19.6. The molecule has 1 heterocycles. The van der Waals surface area contributed by atoms with Gasteiger partial charge in [-0.15, -0.1) is 0 Å². The molecule has 1 rings (SSSR count). The fraction of sp³-hybridized carbons (Fsp3) is 1.00. The lowest BCUT2D eigenvalue weighted by molar-refractivity contribution is 0.198. The van der Waals surface area contributed by atoms with E-state index in [1.54, 1.807) is 0 Å². The average Bonchev–Trinajstić information content (AvgIpc) is 3.24. The molecular weight excluding hydrogens is 384 g/mol. The molecule has 2 heteroatoms. The van der Waals surface area contributed by atoms with Crippen LogP contribution in [0.5, 0.6) is 0 Å². The van der Waals surface area contributed by atoms with Crippen molar-refractivity contribution < 1.29 is 4.74 Å². The van der Waals surface area contributed by atoms with E-state index in [4.69, 9.17) is 4.74 Å². The van der Waals surface area contributed by atoms with Gasteiger partial charge in [-0.05, 0) is 19.3 Å². The minimum atomic E-state index is 1.00. The molecule has 1 nitrogen and oxygen atoms in total. The molecule has 0 radical (unpaired) electrons. The van der Waals surface area contributed by atoms with E-state index in [-0.39, 0.29) is 0 Å². The summed E-state index contributed by atoms with van der Waals surface area (Å²) in [7, 11) is 0. The maximum Gasteiger partial charge on any atom is 0.0466 e. The maximum absolute atomic E-state index is 4.94. The van der Waals surface area contributed by atoms with Gasteiger partial charge in [0.15, 0.2) is 0 Å². The summed E-state index contributed by atoms with van der Waals surface area (Å²) < 4.78 is 4.94. The van der Waals surface area contributed by atoms with Crippen molar-refractivity contribution in [2.75, 3.05) is 18.5 Å². The molecule has 0 spiro atoms. The van der Waals surface area contributed by atoms with Crippen LogP contribution >= 0.6 is 15.9 Å². The van der Waals surface area contributed by atoms with Crippen molar-refractivity contribution in [1.29, 1.82) is 0 Å². The Balaban J connectivity index is 0.00000106. The van der Waals surface area contributed by atoms with Crippen LogP contribution in [0.3, 0.4) is 0 Å². The van der Waals surface area contributed by atoms with Gasteiger partial charge in [0, 0.05) is 18.5 Å². The van der Waals surface area contributed by atoms with Gasteiger partial charge in [0.2, 0.25) is 0 Å². The quantitative estimate of drug-likeness (QED) is 0.155. The van der Waals surface area contributed by atoms with Gasteiger partial charge < -0.3 is 4.74 Å². The van der Waals surface area contributed by atoms with Gasteiger partial charge in [-0.25, -0.2) is 0 Å². The summed E-state index contributed by atoms with van der Waals surface area (Å²) in [6.45, 7) is 4.30. The highest BCUT2D eigenvalue weighted by Gasteiger charge is 1.95. The number of unbranched alkanes of at least 4 members (excludes halogenated alkanes) is 17. The molecule has 158 valence electrons. The van der Waals surface area contributed by atoms with Crippen LogP contribution in [0.1, 0.15) is 135 Å². The molecule has 26 heavy (non-hydrogen) atoms. The Morgan fingerprint density at radius 2 is 0.808 bits per heavy atom. The van der Waals surface area contributed by atoms with E-state index >= 15 is 0 Å². The van der Waals surface area contributed by atoms with Gasteiger partial charge in [0.25, 0.3) is 0 Å². The number of ether oxygens (including phenoxy) is 1. The number of rotatable bonds is 18. The van der Waals surface area contributed by atoms with E-state index in [0.717, 1.165) is 13.2 Å². The Bertz CT molecular complexity index is 203. The highest BCUT2D eigenvalue weighted by molar-refractivity contribution is 9.09. The first-order chi connectivity index (χ1) is 12.9. The topological polar surface area (TPSA) is 9.23 Å². The predicted octanol–water partition coefficient (Wildman–Crippen LogP) is 9.22. The van der Waals surface area contributed by atoms with Crippen LogP contribution in [0.4, 0.5) is 0 Å². The van der Waals surface area contributed by atoms with E-state index in [1.165, 1.54) is 134 Å². The third-order valence-electron chi connectivity index (χ3n) is 5.31. The standard InChI is InChI=1S/C20H41Br.C4H8O/c1-2-3-4-5-6-7-8-9-10-11-12-13-14-15-16-17-18-19-20-21;1-2-4-5-3-1/h2-20H2,1H3;1-4H2. The lowest BCUT2D eigenvalue weighted by Crippen LogP contribution is -1.84. The highest BCUT2D eigenvalue weighted by atomic mass is 79.9. The van der Waals surface area contributed by atoms with Crippen molar-refractivity contribution >= 4 is 15.9 Å². The van der Waals surface area contributed by atoms with Crippen molar-refractivity contribution in [3.8, 4) is 0 Å². The minimum Gasteiger partial charge on any atom is -0.381 e. The molecule has 1 aliphatic rings. The molecule has 0 N–H and O–H groups in total.